The molecule has 5 atom stereocenters. The van der Waals surface area contributed by atoms with Gasteiger partial charge in [-0.05, 0) is 37.3 Å². The Labute approximate surface area is 206 Å². The van der Waals surface area contributed by atoms with Gasteiger partial charge in [-0.1, -0.05) is 38.5 Å². The first kappa shape index (κ1) is 29.6. The molecule has 0 radical (unpaired) electrons. The van der Waals surface area contributed by atoms with Gasteiger partial charge in [0.2, 0.25) is 5.75 Å². The number of unbranched alkanes of at least 4 members (excludes halogenated alkanes) is 7. The fourth-order valence-corrected chi connectivity index (χ4v) is 4.84. The van der Waals surface area contributed by atoms with Crippen LogP contribution in [0.4, 0.5) is 0 Å². The van der Waals surface area contributed by atoms with Gasteiger partial charge in [0.25, 0.3) is 0 Å². The average Bonchev–Trinajstić information content (AvgIpc) is 2.85. The monoisotopic (exact) mass is 502 g/mol. The normalized spacial score (nSPS) is 26.7. The van der Waals surface area contributed by atoms with E-state index in [1.165, 1.54) is 14.2 Å². The fraction of sp³-hybridized carbons (Fsp3) is 0.760. The lowest BCUT2D eigenvalue weighted by atomic mass is 9.76. The number of aliphatic hydroxyl groups is 6. The summed E-state index contributed by atoms with van der Waals surface area (Å²) in [6.45, 7) is 1.18. The molecule has 1 aliphatic rings. The first-order valence-electron chi connectivity index (χ1n) is 12.3. The zero-order valence-electron chi connectivity index (χ0n) is 20.9. The second kappa shape index (κ2) is 13.6. The fourth-order valence-electron chi connectivity index (χ4n) is 4.84. The first-order chi connectivity index (χ1) is 16.7. The van der Waals surface area contributed by atoms with Gasteiger partial charge >= 0.3 is 0 Å². The van der Waals surface area contributed by atoms with Crippen LogP contribution in [0.15, 0.2) is 0 Å². The van der Waals surface area contributed by atoms with Gasteiger partial charge in [0.15, 0.2) is 23.4 Å². The molecule has 0 spiro atoms. The lowest BCUT2D eigenvalue weighted by Crippen LogP contribution is -2.65. The van der Waals surface area contributed by atoms with Crippen LogP contribution in [0.3, 0.4) is 0 Å². The molecule has 1 aliphatic heterocycles. The predicted octanol–water partition coefficient (Wildman–Crippen LogP) is 0.992. The zero-order chi connectivity index (χ0) is 26.2. The van der Waals surface area contributed by atoms with E-state index in [-0.39, 0.29) is 29.4 Å². The molecule has 35 heavy (non-hydrogen) atoms. The first-order valence-corrected chi connectivity index (χ1v) is 12.3. The van der Waals surface area contributed by atoms with Crippen LogP contribution in [-0.2, 0) is 16.8 Å². The van der Waals surface area contributed by atoms with Gasteiger partial charge in [0.05, 0.1) is 20.8 Å². The number of aliphatic hydroxyl groups excluding tert-OH is 5. The van der Waals surface area contributed by atoms with Crippen molar-refractivity contribution in [1.82, 2.24) is 0 Å². The molecule has 2 rings (SSSR count). The minimum Gasteiger partial charge on any atom is -0.504 e. The quantitative estimate of drug-likeness (QED) is 0.182. The number of hydrogen-bond acceptors (Lipinski definition) is 10. The van der Waals surface area contributed by atoms with Crippen LogP contribution in [0.5, 0.6) is 17.2 Å². The topological polar surface area (TPSA) is 169 Å². The number of aromatic hydroxyl groups is 1. The van der Waals surface area contributed by atoms with Crippen LogP contribution in [0.1, 0.15) is 68.1 Å². The number of phenolic OH excluding ortho intramolecular Hbond substituents is 1. The number of methoxy groups -OCH3 is 2. The van der Waals surface area contributed by atoms with E-state index in [2.05, 4.69) is 0 Å². The minimum absolute atomic E-state index is 0.0356. The second-order valence-corrected chi connectivity index (χ2v) is 9.17. The van der Waals surface area contributed by atoms with Gasteiger partial charge in [0.1, 0.15) is 18.3 Å². The molecule has 1 aromatic carbocycles. The van der Waals surface area contributed by atoms with E-state index in [0.29, 0.717) is 24.0 Å². The van der Waals surface area contributed by atoms with Crippen molar-refractivity contribution in [3.05, 3.63) is 16.7 Å². The Balaban J connectivity index is 2.36. The standard InChI is InChI=1S/C25H42O10/c1-15-16(12-10-8-6-4-5-7-9-11-13-26)18(21(33-2)22(34-3)19(15)28)25(32)23(30)20(29)17(14-27)35-24(25)31/h17,20,23-24,26-32H,4-14H2,1-3H3/t17-,20-,23+,24+,25-/m1/s1. The van der Waals surface area contributed by atoms with E-state index in [0.717, 1.165) is 44.9 Å². The molecule has 10 heteroatoms. The third-order valence-electron chi connectivity index (χ3n) is 6.92. The molecule has 0 aromatic heterocycles. The predicted molar refractivity (Wildman–Crippen MR) is 128 cm³/mol. The van der Waals surface area contributed by atoms with Crippen molar-refractivity contribution in [2.75, 3.05) is 27.4 Å². The largest absolute Gasteiger partial charge is 0.504 e. The van der Waals surface area contributed by atoms with Crippen LogP contribution >= 0.6 is 0 Å². The van der Waals surface area contributed by atoms with Gasteiger partial charge < -0.3 is 50.0 Å². The molecular formula is C25H42O10. The molecule has 0 aliphatic carbocycles. The van der Waals surface area contributed by atoms with E-state index < -0.39 is 36.8 Å². The second-order valence-electron chi connectivity index (χ2n) is 9.17. The Kier molecular flexibility index (Phi) is 11.5. The summed E-state index contributed by atoms with van der Waals surface area (Å²) in [5, 5.41) is 72.8. The van der Waals surface area contributed by atoms with Gasteiger partial charge in [-0.2, -0.15) is 0 Å². The summed E-state index contributed by atoms with van der Waals surface area (Å²) in [6.07, 6.45) is 1.08. The maximum atomic E-state index is 11.6. The molecule has 10 nitrogen and oxygen atoms in total. The molecule has 1 heterocycles. The molecule has 1 fully saturated rings. The number of rotatable bonds is 14. The van der Waals surface area contributed by atoms with E-state index in [1.54, 1.807) is 6.92 Å². The SMILES string of the molecule is COc1c(O)c(C)c(CCCCCCCCCCO)c([C@]2(O)[C@@H](O)O[C@H](CO)[C@@H](O)[C@@H]2O)c1OC. The number of phenols is 1. The number of benzene rings is 1. The molecule has 0 bridgehead atoms. The summed E-state index contributed by atoms with van der Waals surface area (Å²) >= 11 is 0. The van der Waals surface area contributed by atoms with Crippen molar-refractivity contribution in [2.24, 2.45) is 0 Å². The third-order valence-corrected chi connectivity index (χ3v) is 6.92. The summed E-state index contributed by atoms with van der Waals surface area (Å²) in [5.74, 6) is -0.364. The lowest BCUT2D eigenvalue weighted by Gasteiger charge is -2.47. The van der Waals surface area contributed by atoms with Crippen molar-refractivity contribution in [1.29, 1.82) is 0 Å². The summed E-state index contributed by atoms with van der Waals surface area (Å²) in [4.78, 5) is 0. The van der Waals surface area contributed by atoms with Crippen LogP contribution in [0, 0.1) is 6.92 Å². The van der Waals surface area contributed by atoms with Crippen molar-refractivity contribution >= 4 is 0 Å². The highest BCUT2D eigenvalue weighted by molar-refractivity contribution is 5.65. The van der Waals surface area contributed by atoms with E-state index in [1.807, 2.05) is 0 Å². The molecule has 0 amide bonds. The van der Waals surface area contributed by atoms with Gasteiger partial charge in [0, 0.05) is 12.2 Å². The van der Waals surface area contributed by atoms with Gasteiger partial charge in [-0.3, -0.25) is 0 Å². The Morgan fingerprint density at radius 1 is 0.857 bits per heavy atom. The molecule has 0 saturated carbocycles. The lowest BCUT2D eigenvalue weighted by molar-refractivity contribution is -0.335. The number of ether oxygens (including phenoxy) is 3. The summed E-state index contributed by atoms with van der Waals surface area (Å²) in [6, 6.07) is 0. The van der Waals surface area contributed by atoms with E-state index in [4.69, 9.17) is 19.3 Å². The van der Waals surface area contributed by atoms with Crippen LogP contribution in [0.2, 0.25) is 0 Å². The maximum Gasteiger partial charge on any atom is 0.203 e. The highest BCUT2D eigenvalue weighted by atomic mass is 16.6. The van der Waals surface area contributed by atoms with Gasteiger partial charge in [-0.25, -0.2) is 0 Å². The minimum atomic E-state index is -2.52. The van der Waals surface area contributed by atoms with Crippen LogP contribution in [-0.4, -0.2) is 87.8 Å². The van der Waals surface area contributed by atoms with Gasteiger partial charge in [-0.15, -0.1) is 0 Å². The van der Waals surface area contributed by atoms with Crippen molar-refractivity contribution in [2.45, 2.75) is 94.9 Å². The summed E-state index contributed by atoms with van der Waals surface area (Å²) in [5.41, 5.74) is -1.73. The molecule has 0 unspecified atom stereocenters. The Hall–Kier alpha value is -1.66. The van der Waals surface area contributed by atoms with Crippen molar-refractivity contribution in [3.8, 4) is 17.2 Å². The Morgan fingerprint density at radius 3 is 1.91 bits per heavy atom. The maximum absolute atomic E-state index is 11.6. The van der Waals surface area contributed by atoms with Crippen LogP contribution in [0.25, 0.3) is 0 Å². The van der Waals surface area contributed by atoms with Crippen LogP contribution < -0.4 is 9.47 Å². The number of hydrogen-bond donors (Lipinski definition) is 7. The Bertz CT molecular complexity index is 801. The average molecular weight is 503 g/mol. The van der Waals surface area contributed by atoms with Crippen molar-refractivity contribution in [3.63, 3.8) is 0 Å². The summed E-state index contributed by atoms with van der Waals surface area (Å²) < 4.78 is 16.0. The molecule has 202 valence electrons. The van der Waals surface area contributed by atoms with Crippen molar-refractivity contribution < 1.29 is 50.0 Å². The highest BCUT2D eigenvalue weighted by Gasteiger charge is 2.58. The van der Waals surface area contributed by atoms with E-state index in [9.17, 15) is 30.6 Å². The molecule has 1 aromatic rings. The summed E-state index contributed by atoms with van der Waals surface area (Å²) in [7, 11) is 2.61. The molecular weight excluding hydrogens is 460 g/mol. The zero-order valence-corrected chi connectivity index (χ0v) is 20.9. The highest BCUT2D eigenvalue weighted by Crippen LogP contribution is 2.52. The smallest absolute Gasteiger partial charge is 0.203 e. The molecule has 1 saturated heterocycles. The Morgan fingerprint density at radius 2 is 1.40 bits per heavy atom. The molecule has 7 N–H and O–H groups in total. The third kappa shape index (κ3) is 6.19. The van der Waals surface area contributed by atoms with E-state index >= 15 is 0 Å².